The van der Waals surface area contributed by atoms with E-state index < -0.39 is 0 Å². The molecule has 0 saturated heterocycles. The quantitative estimate of drug-likeness (QED) is 0.844. The zero-order valence-electron chi connectivity index (χ0n) is 13.5. The molecule has 2 heteroatoms. The fraction of sp³-hybridized carbons (Fsp3) is 0.647. The van der Waals surface area contributed by atoms with Gasteiger partial charge in [-0.3, -0.25) is 0 Å². The van der Waals surface area contributed by atoms with Crippen LogP contribution in [-0.2, 0) is 6.54 Å². The topological polar surface area (TPSA) is 15.3 Å². The van der Waals surface area contributed by atoms with Gasteiger partial charge in [-0.15, -0.1) is 0 Å². The third kappa shape index (κ3) is 7.34. The molecule has 0 saturated carbocycles. The summed E-state index contributed by atoms with van der Waals surface area (Å²) < 4.78 is 0. The van der Waals surface area contributed by atoms with E-state index in [1.54, 1.807) is 0 Å². The first-order valence-electron chi connectivity index (χ1n) is 7.25. The van der Waals surface area contributed by atoms with E-state index in [2.05, 4.69) is 76.1 Å². The van der Waals surface area contributed by atoms with Crippen molar-refractivity contribution < 1.29 is 0 Å². The molecule has 1 aromatic rings. The minimum Gasteiger partial charge on any atom is -0.312 e. The Morgan fingerprint density at radius 2 is 1.95 bits per heavy atom. The zero-order chi connectivity index (χ0) is 14.5. The maximum atomic E-state index is 3.57. The van der Waals surface area contributed by atoms with Crippen molar-refractivity contribution in [1.29, 1.82) is 0 Å². The highest BCUT2D eigenvalue weighted by atomic mass is 15.1. The second kappa shape index (κ2) is 7.06. The average Bonchev–Trinajstić information content (AvgIpc) is 2.25. The van der Waals surface area contributed by atoms with Gasteiger partial charge in [0.15, 0.2) is 0 Å². The molecule has 0 spiro atoms. The number of benzene rings is 1. The molecule has 1 rings (SSSR count). The Morgan fingerprint density at radius 1 is 1.26 bits per heavy atom. The van der Waals surface area contributed by atoms with Crippen LogP contribution in [0.15, 0.2) is 24.3 Å². The Balaban J connectivity index is 2.36. The zero-order valence-corrected chi connectivity index (χ0v) is 13.5. The molecule has 19 heavy (non-hydrogen) atoms. The van der Waals surface area contributed by atoms with E-state index in [1.165, 1.54) is 11.1 Å². The van der Waals surface area contributed by atoms with E-state index in [0.29, 0.717) is 5.92 Å². The first-order valence-corrected chi connectivity index (χ1v) is 7.25. The molecule has 0 fully saturated rings. The van der Waals surface area contributed by atoms with E-state index in [9.17, 15) is 0 Å². The minimum atomic E-state index is 0.212. The van der Waals surface area contributed by atoms with Crippen LogP contribution in [0, 0.1) is 12.8 Å². The van der Waals surface area contributed by atoms with Gasteiger partial charge in [-0.05, 0) is 52.8 Å². The average molecular weight is 262 g/mol. The van der Waals surface area contributed by atoms with Crippen LogP contribution < -0.4 is 5.32 Å². The first kappa shape index (κ1) is 16.2. The third-order valence-corrected chi connectivity index (χ3v) is 3.14. The molecule has 0 aliphatic heterocycles. The van der Waals surface area contributed by atoms with E-state index in [1.807, 2.05) is 0 Å². The van der Waals surface area contributed by atoms with Crippen molar-refractivity contribution in [2.45, 2.75) is 46.7 Å². The van der Waals surface area contributed by atoms with Crippen LogP contribution in [0.1, 0.15) is 38.8 Å². The van der Waals surface area contributed by atoms with Crippen LogP contribution in [0.25, 0.3) is 0 Å². The van der Waals surface area contributed by atoms with Crippen molar-refractivity contribution in [3.05, 3.63) is 35.4 Å². The lowest BCUT2D eigenvalue weighted by molar-refractivity contribution is 0.261. The number of aryl methyl sites for hydroxylation is 1. The van der Waals surface area contributed by atoms with E-state index >= 15 is 0 Å². The highest BCUT2D eigenvalue weighted by Gasteiger charge is 2.12. The second-order valence-corrected chi connectivity index (χ2v) is 6.92. The normalized spacial score (nSPS) is 13.8. The molecule has 0 amide bonds. The van der Waals surface area contributed by atoms with Crippen LogP contribution in [0.2, 0.25) is 0 Å². The Hall–Kier alpha value is -0.860. The van der Waals surface area contributed by atoms with Crippen LogP contribution >= 0.6 is 0 Å². The maximum Gasteiger partial charge on any atom is 0.0230 e. The molecule has 0 bridgehead atoms. The molecule has 1 atom stereocenters. The van der Waals surface area contributed by atoms with E-state index in [0.717, 1.165) is 19.6 Å². The van der Waals surface area contributed by atoms with Crippen molar-refractivity contribution in [3.8, 4) is 0 Å². The highest BCUT2D eigenvalue weighted by Crippen LogP contribution is 2.08. The lowest BCUT2D eigenvalue weighted by atomic mass is 10.1. The Labute approximate surface area is 119 Å². The van der Waals surface area contributed by atoms with Gasteiger partial charge in [-0.1, -0.05) is 36.8 Å². The molecule has 0 aliphatic carbocycles. The third-order valence-electron chi connectivity index (χ3n) is 3.14. The van der Waals surface area contributed by atoms with Crippen LogP contribution in [0.3, 0.4) is 0 Å². The van der Waals surface area contributed by atoms with Gasteiger partial charge in [0.25, 0.3) is 0 Å². The molecule has 2 nitrogen and oxygen atoms in total. The summed E-state index contributed by atoms with van der Waals surface area (Å²) in [7, 11) is 2.20. The molecule has 1 unspecified atom stereocenters. The Morgan fingerprint density at radius 3 is 2.53 bits per heavy atom. The summed E-state index contributed by atoms with van der Waals surface area (Å²) in [4.78, 5) is 2.41. The second-order valence-electron chi connectivity index (χ2n) is 6.92. The molecule has 0 aromatic heterocycles. The van der Waals surface area contributed by atoms with Crippen molar-refractivity contribution in [2.75, 3.05) is 20.1 Å². The predicted octanol–water partition coefficient (Wildman–Crippen LogP) is 3.45. The summed E-state index contributed by atoms with van der Waals surface area (Å²) in [6.07, 6.45) is 0. The molecule has 108 valence electrons. The number of hydrogen-bond donors (Lipinski definition) is 1. The number of nitrogens with zero attached hydrogens (tertiary/aromatic N) is 1. The van der Waals surface area contributed by atoms with Crippen molar-refractivity contribution in [2.24, 2.45) is 5.92 Å². The van der Waals surface area contributed by atoms with Crippen LogP contribution in [0.4, 0.5) is 0 Å². The lowest BCUT2D eigenvalue weighted by Gasteiger charge is -2.26. The van der Waals surface area contributed by atoms with E-state index in [4.69, 9.17) is 0 Å². The smallest absolute Gasteiger partial charge is 0.0230 e. The molecular weight excluding hydrogens is 232 g/mol. The van der Waals surface area contributed by atoms with Gasteiger partial charge in [0.05, 0.1) is 0 Å². The number of nitrogens with one attached hydrogen (secondary N) is 1. The highest BCUT2D eigenvalue weighted by molar-refractivity contribution is 5.21. The largest absolute Gasteiger partial charge is 0.312 e. The number of rotatable bonds is 6. The SMILES string of the molecule is Cc1cccc(CN(C)CC(C)CNC(C)(C)C)c1. The summed E-state index contributed by atoms with van der Waals surface area (Å²) >= 11 is 0. The molecule has 1 aromatic carbocycles. The summed E-state index contributed by atoms with van der Waals surface area (Å²) in [5, 5.41) is 3.57. The molecule has 0 radical (unpaired) electrons. The summed E-state index contributed by atoms with van der Waals surface area (Å²) in [6.45, 7) is 14.3. The Kier molecular flexibility index (Phi) is 6.02. The van der Waals surface area contributed by atoms with Crippen LogP contribution in [-0.4, -0.2) is 30.6 Å². The molecule has 1 N–H and O–H groups in total. The van der Waals surface area contributed by atoms with Gasteiger partial charge in [-0.25, -0.2) is 0 Å². The Bertz CT molecular complexity index is 379. The van der Waals surface area contributed by atoms with Crippen LogP contribution in [0.5, 0.6) is 0 Å². The van der Waals surface area contributed by atoms with Gasteiger partial charge in [0, 0.05) is 18.6 Å². The van der Waals surface area contributed by atoms with Gasteiger partial charge >= 0.3 is 0 Å². The van der Waals surface area contributed by atoms with Crippen molar-refractivity contribution >= 4 is 0 Å². The summed E-state index contributed by atoms with van der Waals surface area (Å²) in [5.41, 5.74) is 2.95. The standard InChI is InChI=1S/C17H30N2/c1-14-8-7-9-16(10-14)13-19(6)12-15(2)11-18-17(3,4)5/h7-10,15,18H,11-13H2,1-6H3. The maximum absolute atomic E-state index is 3.57. The van der Waals surface area contributed by atoms with Gasteiger partial charge in [0.1, 0.15) is 0 Å². The minimum absolute atomic E-state index is 0.212. The van der Waals surface area contributed by atoms with Gasteiger partial charge in [0.2, 0.25) is 0 Å². The molecule has 0 aliphatic rings. The first-order chi connectivity index (χ1) is 8.76. The van der Waals surface area contributed by atoms with Crippen molar-refractivity contribution in [3.63, 3.8) is 0 Å². The predicted molar refractivity (Wildman–Crippen MR) is 84.4 cm³/mol. The van der Waals surface area contributed by atoms with Gasteiger partial charge < -0.3 is 10.2 Å². The fourth-order valence-electron chi connectivity index (χ4n) is 2.26. The summed E-state index contributed by atoms with van der Waals surface area (Å²) in [5.74, 6) is 0.661. The fourth-order valence-corrected chi connectivity index (χ4v) is 2.26. The van der Waals surface area contributed by atoms with E-state index in [-0.39, 0.29) is 5.54 Å². The molecule has 0 heterocycles. The van der Waals surface area contributed by atoms with Crippen molar-refractivity contribution in [1.82, 2.24) is 10.2 Å². The monoisotopic (exact) mass is 262 g/mol. The van der Waals surface area contributed by atoms with Gasteiger partial charge in [-0.2, -0.15) is 0 Å². The molecular formula is C17H30N2. The lowest BCUT2D eigenvalue weighted by Crippen LogP contribution is -2.40. The number of hydrogen-bond acceptors (Lipinski definition) is 2. The summed E-state index contributed by atoms with van der Waals surface area (Å²) in [6, 6.07) is 8.78.